The smallest absolute Gasteiger partial charge is 0.257 e. The van der Waals surface area contributed by atoms with Crippen molar-refractivity contribution in [2.24, 2.45) is 23.7 Å². The third-order valence-electron chi connectivity index (χ3n) is 6.34. The Labute approximate surface area is 169 Å². The first-order valence-electron chi connectivity index (χ1n) is 9.99. The Morgan fingerprint density at radius 3 is 2.14 bits per heavy atom. The van der Waals surface area contributed by atoms with E-state index in [1.54, 1.807) is 24.3 Å². The molecule has 1 N–H and O–H groups in total. The van der Waals surface area contributed by atoms with Gasteiger partial charge in [-0.15, -0.1) is 0 Å². The third kappa shape index (κ3) is 2.72. The molecule has 1 saturated carbocycles. The highest BCUT2D eigenvalue weighted by molar-refractivity contribution is 6.25. The van der Waals surface area contributed by atoms with Crippen molar-refractivity contribution in [2.75, 3.05) is 10.2 Å². The van der Waals surface area contributed by atoms with Crippen LogP contribution in [-0.4, -0.2) is 17.7 Å². The summed E-state index contributed by atoms with van der Waals surface area (Å²) < 4.78 is 0. The molecule has 146 valence electrons. The van der Waals surface area contributed by atoms with Crippen LogP contribution in [0.5, 0.6) is 0 Å². The number of nitrogens with zero attached hydrogens (tertiary/aromatic N) is 1. The molecule has 0 unspecified atom stereocenters. The molecule has 0 aromatic heterocycles. The maximum absolute atomic E-state index is 13.1. The second kappa shape index (κ2) is 6.41. The van der Waals surface area contributed by atoms with Gasteiger partial charge in [-0.1, -0.05) is 30.4 Å². The summed E-state index contributed by atoms with van der Waals surface area (Å²) in [6.07, 6.45) is 5.02. The SMILES string of the molecule is Cc1cc(C)cc(NC(=O)c2ccccc2N2C(=O)[C@H]3[C@H](C2=O)[C@H]2C=C[C@H]3C2)c1. The molecule has 1 heterocycles. The molecule has 1 saturated heterocycles. The van der Waals surface area contributed by atoms with Crippen LogP contribution >= 0.6 is 0 Å². The first-order valence-corrected chi connectivity index (χ1v) is 9.99. The molecule has 2 aromatic carbocycles. The summed E-state index contributed by atoms with van der Waals surface area (Å²) in [6.45, 7) is 3.94. The molecule has 2 aromatic rings. The van der Waals surface area contributed by atoms with Crippen LogP contribution in [0.2, 0.25) is 0 Å². The number of carbonyl (C=O) groups excluding carboxylic acids is 3. The van der Waals surface area contributed by atoms with Crippen LogP contribution in [0.4, 0.5) is 11.4 Å². The third-order valence-corrected chi connectivity index (χ3v) is 6.34. The van der Waals surface area contributed by atoms with Gasteiger partial charge in [0.1, 0.15) is 0 Å². The molecule has 5 nitrogen and oxygen atoms in total. The number of amides is 3. The molecule has 2 aliphatic carbocycles. The van der Waals surface area contributed by atoms with E-state index in [9.17, 15) is 14.4 Å². The van der Waals surface area contributed by atoms with Gasteiger partial charge in [-0.3, -0.25) is 14.4 Å². The standard InChI is InChI=1S/C24H22N2O3/c1-13-9-14(2)11-17(10-13)25-22(27)18-5-3-4-6-19(18)26-23(28)20-15-7-8-16(12-15)21(20)24(26)29/h3-11,15-16,20-21H,12H2,1-2H3,(H,25,27)/t15-,16-,20+,21+/m0/s1. The van der Waals surface area contributed by atoms with E-state index < -0.39 is 0 Å². The molecule has 5 rings (SSSR count). The van der Waals surface area contributed by atoms with Gasteiger partial charge in [0.2, 0.25) is 11.8 Å². The minimum absolute atomic E-state index is 0.141. The van der Waals surface area contributed by atoms with Crippen molar-refractivity contribution in [3.8, 4) is 0 Å². The normalized spacial score (nSPS) is 26.9. The summed E-state index contributed by atoms with van der Waals surface area (Å²) in [4.78, 5) is 40.6. The lowest BCUT2D eigenvalue weighted by Gasteiger charge is -2.20. The number of fused-ring (bicyclic) bond motifs is 5. The molecule has 2 fully saturated rings. The number of imide groups is 1. The monoisotopic (exact) mass is 386 g/mol. The summed E-state index contributed by atoms with van der Waals surface area (Å²) in [7, 11) is 0. The average molecular weight is 386 g/mol. The molecule has 0 radical (unpaired) electrons. The van der Waals surface area contributed by atoms with Crippen LogP contribution in [0.15, 0.2) is 54.6 Å². The first-order chi connectivity index (χ1) is 13.9. The van der Waals surface area contributed by atoms with Crippen LogP contribution < -0.4 is 10.2 Å². The highest BCUT2D eigenvalue weighted by Crippen LogP contribution is 2.53. The number of carbonyl (C=O) groups is 3. The lowest BCUT2D eigenvalue weighted by molar-refractivity contribution is -0.123. The van der Waals surface area contributed by atoms with Gasteiger partial charge in [0.15, 0.2) is 0 Å². The van der Waals surface area contributed by atoms with Crippen LogP contribution in [0, 0.1) is 37.5 Å². The topological polar surface area (TPSA) is 66.5 Å². The van der Waals surface area contributed by atoms with Gasteiger partial charge < -0.3 is 5.32 Å². The van der Waals surface area contributed by atoms with E-state index in [0.29, 0.717) is 16.9 Å². The maximum atomic E-state index is 13.1. The van der Waals surface area contributed by atoms with Crippen LogP contribution in [0.25, 0.3) is 0 Å². The lowest BCUT2D eigenvalue weighted by Crippen LogP contribution is -2.34. The Morgan fingerprint density at radius 2 is 1.52 bits per heavy atom. The molecule has 0 spiro atoms. The fourth-order valence-corrected chi connectivity index (χ4v) is 5.25. The predicted octanol–water partition coefficient (Wildman–Crippen LogP) is 3.87. The number of nitrogens with one attached hydrogen (secondary N) is 1. The minimum Gasteiger partial charge on any atom is -0.322 e. The molecule has 4 atom stereocenters. The molecular formula is C24H22N2O3. The van der Waals surface area contributed by atoms with E-state index in [-0.39, 0.29) is 41.4 Å². The van der Waals surface area contributed by atoms with Gasteiger partial charge in [0, 0.05) is 5.69 Å². The van der Waals surface area contributed by atoms with Gasteiger partial charge in [0.25, 0.3) is 5.91 Å². The van der Waals surface area contributed by atoms with Gasteiger partial charge in [-0.2, -0.15) is 0 Å². The summed E-state index contributed by atoms with van der Waals surface area (Å²) in [5, 5.41) is 2.91. The van der Waals surface area contributed by atoms with E-state index in [1.807, 2.05) is 32.0 Å². The lowest BCUT2D eigenvalue weighted by atomic mass is 9.85. The number of para-hydroxylation sites is 1. The molecule has 5 heteroatoms. The quantitative estimate of drug-likeness (QED) is 0.643. The summed E-state index contributed by atoms with van der Waals surface area (Å²) >= 11 is 0. The van der Waals surface area contributed by atoms with Crippen molar-refractivity contribution in [2.45, 2.75) is 20.3 Å². The number of hydrogen-bond donors (Lipinski definition) is 1. The van der Waals surface area contributed by atoms with Crippen molar-refractivity contribution in [3.05, 3.63) is 71.3 Å². The Bertz CT molecular complexity index is 1040. The zero-order valence-corrected chi connectivity index (χ0v) is 16.4. The fourth-order valence-electron chi connectivity index (χ4n) is 5.25. The van der Waals surface area contributed by atoms with E-state index >= 15 is 0 Å². The van der Waals surface area contributed by atoms with Crippen molar-refractivity contribution in [3.63, 3.8) is 0 Å². The fraction of sp³-hybridized carbons (Fsp3) is 0.292. The largest absolute Gasteiger partial charge is 0.322 e. The maximum Gasteiger partial charge on any atom is 0.257 e. The highest BCUT2D eigenvalue weighted by atomic mass is 16.2. The van der Waals surface area contributed by atoms with Crippen LogP contribution in [-0.2, 0) is 9.59 Å². The van der Waals surface area contributed by atoms with Crippen molar-refractivity contribution < 1.29 is 14.4 Å². The summed E-state index contributed by atoms with van der Waals surface area (Å²) in [6, 6.07) is 12.7. The molecule has 3 amide bonds. The zero-order chi connectivity index (χ0) is 20.3. The van der Waals surface area contributed by atoms with E-state index in [2.05, 4.69) is 17.5 Å². The number of benzene rings is 2. The zero-order valence-electron chi connectivity index (χ0n) is 16.4. The van der Waals surface area contributed by atoms with E-state index in [0.717, 1.165) is 17.5 Å². The van der Waals surface area contributed by atoms with Gasteiger partial charge in [-0.05, 0) is 67.5 Å². The van der Waals surface area contributed by atoms with E-state index in [1.165, 1.54) is 4.90 Å². The Kier molecular flexibility index (Phi) is 3.95. The molecule has 1 aliphatic heterocycles. The Morgan fingerprint density at radius 1 is 0.931 bits per heavy atom. The Hall–Kier alpha value is -3.21. The number of hydrogen-bond acceptors (Lipinski definition) is 3. The second-order valence-corrected chi connectivity index (χ2v) is 8.36. The van der Waals surface area contributed by atoms with Crippen LogP contribution in [0.1, 0.15) is 27.9 Å². The highest BCUT2D eigenvalue weighted by Gasteiger charge is 2.59. The van der Waals surface area contributed by atoms with E-state index in [4.69, 9.17) is 0 Å². The van der Waals surface area contributed by atoms with Gasteiger partial charge in [0.05, 0.1) is 23.1 Å². The van der Waals surface area contributed by atoms with Crippen molar-refractivity contribution >= 4 is 29.1 Å². The minimum atomic E-state index is -0.329. The van der Waals surface area contributed by atoms with Crippen LogP contribution in [0.3, 0.4) is 0 Å². The Balaban J connectivity index is 1.48. The second-order valence-electron chi connectivity index (χ2n) is 8.36. The predicted molar refractivity (Wildman–Crippen MR) is 111 cm³/mol. The molecular weight excluding hydrogens is 364 g/mol. The first kappa shape index (κ1) is 17.9. The molecule has 3 aliphatic rings. The van der Waals surface area contributed by atoms with Crippen molar-refractivity contribution in [1.29, 1.82) is 0 Å². The van der Waals surface area contributed by atoms with Gasteiger partial charge >= 0.3 is 0 Å². The number of rotatable bonds is 3. The number of allylic oxidation sites excluding steroid dienone is 2. The average Bonchev–Trinajstić information content (AvgIpc) is 3.35. The van der Waals surface area contributed by atoms with Gasteiger partial charge in [-0.25, -0.2) is 4.90 Å². The van der Waals surface area contributed by atoms with Crippen molar-refractivity contribution in [1.82, 2.24) is 0 Å². The molecule has 2 bridgehead atoms. The number of aryl methyl sites for hydroxylation is 2. The summed E-state index contributed by atoms with van der Waals surface area (Å²) in [5.74, 6) is -0.970. The molecule has 29 heavy (non-hydrogen) atoms. The summed E-state index contributed by atoms with van der Waals surface area (Å²) in [5.41, 5.74) is 3.50. The number of anilines is 2.